The highest BCUT2D eigenvalue weighted by atomic mass is 16.2. The smallest absolute Gasteiger partial charge is 0.243 e. The van der Waals surface area contributed by atoms with Crippen LogP contribution in [0.2, 0.25) is 0 Å². The molecule has 2 amide bonds. The Labute approximate surface area is 148 Å². The summed E-state index contributed by atoms with van der Waals surface area (Å²) in [5.41, 5.74) is 0.816. The lowest BCUT2D eigenvalue weighted by atomic mass is 9.82. The second-order valence-corrected chi connectivity index (χ2v) is 7.21. The van der Waals surface area contributed by atoms with Gasteiger partial charge in [-0.25, -0.2) is 0 Å². The van der Waals surface area contributed by atoms with Gasteiger partial charge in [0.15, 0.2) is 0 Å². The van der Waals surface area contributed by atoms with Gasteiger partial charge in [0, 0.05) is 23.5 Å². The van der Waals surface area contributed by atoms with E-state index >= 15 is 0 Å². The molecule has 0 bridgehead atoms. The van der Waals surface area contributed by atoms with E-state index in [-0.39, 0.29) is 23.9 Å². The van der Waals surface area contributed by atoms with Crippen molar-refractivity contribution in [2.75, 3.05) is 9.80 Å². The second kappa shape index (κ2) is 5.73. The zero-order valence-electron chi connectivity index (χ0n) is 14.6. The van der Waals surface area contributed by atoms with Gasteiger partial charge in [0.1, 0.15) is 5.41 Å². The highest BCUT2D eigenvalue weighted by Crippen LogP contribution is 2.49. The molecular formula is C21H22N2O2. The quantitative estimate of drug-likeness (QED) is 0.787. The summed E-state index contributed by atoms with van der Waals surface area (Å²) in [6, 6.07) is 19.3. The lowest BCUT2D eigenvalue weighted by Crippen LogP contribution is -2.42. The van der Waals surface area contributed by atoms with Gasteiger partial charge >= 0.3 is 0 Å². The van der Waals surface area contributed by atoms with Gasteiger partial charge in [-0.1, -0.05) is 36.4 Å². The maximum Gasteiger partial charge on any atom is 0.243 e. The summed E-state index contributed by atoms with van der Waals surface area (Å²) in [6.45, 7) is 4.06. The Bertz CT molecular complexity index is 734. The largest absolute Gasteiger partial charge is 0.309 e. The molecule has 0 saturated carbocycles. The third kappa shape index (κ3) is 2.28. The van der Waals surface area contributed by atoms with E-state index in [4.69, 9.17) is 0 Å². The van der Waals surface area contributed by atoms with Gasteiger partial charge in [0.2, 0.25) is 11.8 Å². The number of nitrogens with zero attached hydrogens (tertiary/aromatic N) is 2. The lowest BCUT2D eigenvalue weighted by molar-refractivity contribution is -0.135. The van der Waals surface area contributed by atoms with Gasteiger partial charge in [-0.2, -0.15) is 0 Å². The normalized spacial score (nSPS) is 29.0. The number of benzene rings is 2. The summed E-state index contributed by atoms with van der Waals surface area (Å²) in [6.07, 6.45) is 1.15. The van der Waals surface area contributed by atoms with E-state index in [1.807, 2.05) is 74.5 Å². The van der Waals surface area contributed by atoms with Gasteiger partial charge in [-0.3, -0.25) is 9.59 Å². The molecule has 2 saturated heterocycles. The molecule has 2 aromatic rings. The average molecular weight is 334 g/mol. The summed E-state index contributed by atoms with van der Waals surface area (Å²) in [5.74, 6) is -0.108. The number of anilines is 2. The molecule has 0 aromatic heterocycles. The molecule has 1 spiro atoms. The molecule has 0 aliphatic carbocycles. The van der Waals surface area contributed by atoms with E-state index in [9.17, 15) is 9.59 Å². The number of rotatable bonds is 2. The Morgan fingerprint density at radius 3 is 1.44 bits per heavy atom. The minimum Gasteiger partial charge on any atom is -0.309 e. The lowest BCUT2D eigenvalue weighted by Gasteiger charge is -2.24. The number of hydrogen-bond acceptors (Lipinski definition) is 2. The van der Waals surface area contributed by atoms with Crippen molar-refractivity contribution in [3.8, 4) is 0 Å². The summed E-state index contributed by atoms with van der Waals surface area (Å²) < 4.78 is 0. The minimum atomic E-state index is -0.926. The summed E-state index contributed by atoms with van der Waals surface area (Å²) in [5, 5.41) is 0. The third-order valence-corrected chi connectivity index (χ3v) is 5.49. The molecule has 2 atom stereocenters. The molecule has 0 N–H and O–H groups in total. The van der Waals surface area contributed by atoms with Crippen LogP contribution in [0.25, 0.3) is 0 Å². The van der Waals surface area contributed by atoms with E-state index in [0.717, 1.165) is 11.4 Å². The molecule has 2 aromatic carbocycles. The van der Waals surface area contributed by atoms with Crippen molar-refractivity contribution in [1.82, 2.24) is 0 Å². The van der Waals surface area contributed by atoms with Crippen LogP contribution < -0.4 is 9.80 Å². The molecule has 2 heterocycles. The first-order valence-corrected chi connectivity index (χ1v) is 8.82. The Balaban J connectivity index is 1.71. The van der Waals surface area contributed by atoms with Crippen molar-refractivity contribution in [1.29, 1.82) is 0 Å². The molecule has 25 heavy (non-hydrogen) atoms. The highest BCUT2D eigenvalue weighted by molar-refractivity contribution is 6.20. The van der Waals surface area contributed by atoms with Crippen molar-refractivity contribution in [2.45, 2.75) is 38.8 Å². The van der Waals surface area contributed by atoms with Crippen molar-refractivity contribution >= 4 is 23.2 Å². The monoisotopic (exact) mass is 334 g/mol. The maximum absolute atomic E-state index is 13.4. The zero-order chi connectivity index (χ0) is 17.6. The molecule has 4 rings (SSSR count). The molecule has 4 nitrogen and oxygen atoms in total. The van der Waals surface area contributed by atoms with Gasteiger partial charge in [-0.15, -0.1) is 0 Å². The molecule has 2 unspecified atom stereocenters. The van der Waals surface area contributed by atoms with E-state index in [1.54, 1.807) is 9.80 Å². The van der Waals surface area contributed by atoms with Gasteiger partial charge in [0.05, 0.1) is 0 Å². The Kier molecular flexibility index (Phi) is 3.64. The van der Waals surface area contributed by atoms with Crippen LogP contribution in [0.4, 0.5) is 11.4 Å². The predicted octanol–water partition coefficient (Wildman–Crippen LogP) is 3.62. The van der Waals surface area contributed by atoms with Crippen molar-refractivity contribution in [3.05, 3.63) is 60.7 Å². The van der Waals surface area contributed by atoms with Gasteiger partial charge in [0.25, 0.3) is 0 Å². The number of carbonyl (C=O) groups is 2. The molecule has 2 aliphatic heterocycles. The van der Waals surface area contributed by atoms with Crippen LogP contribution >= 0.6 is 0 Å². The van der Waals surface area contributed by atoms with Crippen LogP contribution in [0.3, 0.4) is 0 Å². The Morgan fingerprint density at radius 1 is 0.720 bits per heavy atom. The van der Waals surface area contributed by atoms with Crippen molar-refractivity contribution in [2.24, 2.45) is 5.41 Å². The fraction of sp³-hybridized carbons (Fsp3) is 0.333. The number of hydrogen-bond donors (Lipinski definition) is 0. The molecule has 0 radical (unpaired) electrons. The Hall–Kier alpha value is -2.62. The number of carbonyl (C=O) groups excluding carboxylic acids is 2. The molecular weight excluding hydrogens is 312 g/mol. The molecule has 128 valence electrons. The van der Waals surface area contributed by atoms with E-state index in [2.05, 4.69) is 0 Å². The van der Waals surface area contributed by atoms with Crippen LogP contribution in [0.15, 0.2) is 60.7 Å². The first-order valence-electron chi connectivity index (χ1n) is 8.82. The van der Waals surface area contributed by atoms with Crippen molar-refractivity contribution < 1.29 is 9.59 Å². The zero-order valence-corrected chi connectivity index (χ0v) is 14.6. The first kappa shape index (κ1) is 15.9. The summed E-state index contributed by atoms with van der Waals surface area (Å²) in [7, 11) is 0. The summed E-state index contributed by atoms with van der Waals surface area (Å²) >= 11 is 0. The predicted molar refractivity (Wildman–Crippen MR) is 98.4 cm³/mol. The van der Waals surface area contributed by atoms with E-state index < -0.39 is 5.41 Å². The third-order valence-electron chi connectivity index (χ3n) is 5.49. The average Bonchev–Trinajstić information content (AvgIpc) is 3.02. The SMILES string of the molecule is CC1CC2(CC(C)N(c3ccccc3)C2=O)C(=O)N1c1ccccc1. The van der Waals surface area contributed by atoms with Crippen LogP contribution in [0.1, 0.15) is 26.7 Å². The van der Waals surface area contributed by atoms with E-state index in [0.29, 0.717) is 12.8 Å². The van der Waals surface area contributed by atoms with Crippen LogP contribution in [-0.2, 0) is 9.59 Å². The van der Waals surface area contributed by atoms with Crippen LogP contribution in [-0.4, -0.2) is 23.9 Å². The maximum atomic E-state index is 13.4. The van der Waals surface area contributed by atoms with Crippen LogP contribution in [0.5, 0.6) is 0 Å². The Morgan fingerprint density at radius 2 is 1.08 bits per heavy atom. The fourth-order valence-corrected chi connectivity index (χ4v) is 4.50. The molecule has 4 heteroatoms. The fourth-order valence-electron chi connectivity index (χ4n) is 4.50. The van der Waals surface area contributed by atoms with Gasteiger partial charge in [-0.05, 0) is 51.0 Å². The number of amides is 2. The second-order valence-electron chi connectivity index (χ2n) is 7.21. The van der Waals surface area contributed by atoms with E-state index in [1.165, 1.54) is 0 Å². The van der Waals surface area contributed by atoms with Gasteiger partial charge < -0.3 is 9.80 Å². The highest BCUT2D eigenvalue weighted by Gasteiger charge is 2.62. The van der Waals surface area contributed by atoms with Crippen LogP contribution in [0, 0.1) is 5.41 Å². The first-order chi connectivity index (χ1) is 12.0. The topological polar surface area (TPSA) is 40.6 Å². The minimum absolute atomic E-state index is 0.0155. The van der Waals surface area contributed by atoms with Crippen molar-refractivity contribution in [3.63, 3.8) is 0 Å². The standard InChI is InChI=1S/C21H22N2O2/c1-15-13-21(19(24)22(15)17-9-5-3-6-10-17)14-16(2)23(20(21)25)18-11-7-4-8-12-18/h3-12,15-16H,13-14H2,1-2H3. The molecule has 2 aliphatic rings. The molecule has 2 fully saturated rings. The number of para-hydroxylation sites is 2. The summed E-state index contributed by atoms with van der Waals surface area (Å²) in [4.78, 5) is 30.3.